The molecular weight excluding hydrogens is 359 g/mol. The monoisotopic (exact) mass is 382 g/mol. The van der Waals surface area contributed by atoms with Crippen molar-refractivity contribution >= 4 is 41.3 Å². The van der Waals surface area contributed by atoms with Gasteiger partial charge in [0.05, 0.1) is 17.2 Å². The number of aryl methyl sites for hydroxylation is 2. The van der Waals surface area contributed by atoms with E-state index in [9.17, 15) is 0 Å². The average Bonchev–Trinajstić information content (AvgIpc) is 2.62. The number of halogens is 1. The van der Waals surface area contributed by atoms with Crippen LogP contribution in [0.25, 0.3) is 0 Å². The van der Waals surface area contributed by atoms with E-state index in [1.807, 2.05) is 13.8 Å². The van der Waals surface area contributed by atoms with E-state index in [-0.39, 0.29) is 24.0 Å². The van der Waals surface area contributed by atoms with Gasteiger partial charge >= 0.3 is 0 Å². The highest BCUT2D eigenvalue weighted by molar-refractivity contribution is 14.0. The highest BCUT2D eigenvalue weighted by Gasteiger charge is 2.05. The molecule has 18 heavy (non-hydrogen) atoms. The molecule has 0 radical (unpaired) electrons. The third kappa shape index (κ3) is 5.99. The lowest BCUT2D eigenvalue weighted by Gasteiger charge is -2.10. The lowest BCUT2D eigenvalue weighted by molar-refractivity contribution is 0.729. The minimum atomic E-state index is 0. The first-order valence-corrected chi connectivity index (χ1v) is 6.86. The average molecular weight is 382 g/mol. The van der Waals surface area contributed by atoms with Crippen molar-refractivity contribution < 1.29 is 0 Å². The molecule has 1 rings (SSSR count). The predicted octanol–water partition coefficient (Wildman–Crippen LogP) is 2.84. The van der Waals surface area contributed by atoms with Crippen LogP contribution in [-0.4, -0.2) is 24.5 Å². The van der Waals surface area contributed by atoms with Crippen LogP contribution in [-0.2, 0) is 6.54 Å². The first-order valence-electron chi connectivity index (χ1n) is 6.04. The number of rotatable bonds is 5. The Morgan fingerprint density at radius 2 is 2.06 bits per heavy atom. The second-order valence-electron chi connectivity index (χ2n) is 3.95. The Balaban J connectivity index is 0.00000289. The topological polar surface area (TPSA) is 49.3 Å². The highest BCUT2D eigenvalue weighted by Crippen LogP contribution is 2.16. The van der Waals surface area contributed by atoms with E-state index in [2.05, 4.69) is 27.5 Å². The van der Waals surface area contributed by atoms with Crippen molar-refractivity contribution in [3.8, 4) is 0 Å². The molecule has 2 N–H and O–H groups in total. The van der Waals surface area contributed by atoms with Crippen molar-refractivity contribution in [2.45, 2.75) is 40.2 Å². The van der Waals surface area contributed by atoms with E-state index in [0.29, 0.717) is 0 Å². The fourth-order valence-corrected chi connectivity index (χ4v) is 2.38. The van der Waals surface area contributed by atoms with Crippen LogP contribution in [0.1, 0.15) is 35.3 Å². The molecule has 0 aliphatic rings. The summed E-state index contributed by atoms with van der Waals surface area (Å²) >= 11 is 1.74. The maximum Gasteiger partial charge on any atom is 0.191 e. The first-order chi connectivity index (χ1) is 8.17. The SMILES string of the molecule is CCCCNC(=NC)NCc1sc(C)nc1C.I. The van der Waals surface area contributed by atoms with Gasteiger partial charge in [0.15, 0.2) is 5.96 Å². The van der Waals surface area contributed by atoms with Crippen LogP contribution in [0.4, 0.5) is 0 Å². The van der Waals surface area contributed by atoms with Crippen LogP contribution < -0.4 is 10.6 Å². The molecule has 0 saturated carbocycles. The summed E-state index contributed by atoms with van der Waals surface area (Å²) in [4.78, 5) is 9.88. The van der Waals surface area contributed by atoms with Gasteiger partial charge in [0.2, 0.25) is 0 Å². The zero-order chi connectivity index (χ0) is 12.7. The van der Waals surface area contributed by atoms with Gasteiger partial charge in [-0.05, 0) is 20.3 Å². The van der Waals surface area contributed by atoms with Gasteiger partial charge in [-0.2, -0.15) is 0 Å². The molecule has 0 fully saturated rings. The summed E-state index contributed by atoms with van der Waals surface area (Å²) in [6.45, 7) is 8.03. The molecule has 0 bridgehead atoms. The number of nitrogens with one attached hydrogen (secondary N) is 2. The summed E-state index contributed by atoms with van der Waals surface area (Å²) in [5, 5.41) is 7.72. The summed E-state index contributed by atoms with van der Waals surface area (Å²) in [7, 11) is 1.80. The quantitative estimate of drug-likeness (QED) is 0.356. The van der Waals surface area contributed by atoms with Gasteiger partial charge in [0, 0.05) is 18.5 Å². The standard InChI is InChI=1S/C12H22N4S.HI/c1-5-6-7-14-12(13-4)15-8-11-9(2)16-10(3)17-11;/h5-8H2,1-4H3,(H2,13,14,15);1H. The van der Waals surface area contributed by atoms with Crippen LogP contribution in [0.2, 0.25) is 0 Å². The van der Waals surface area contributed by atoms with Crippen LogP contribution in [0, 0.1) is 13.8 Å². The summed E-state index contributed by atoms with van der Waals surface area (Å²) in [6, 6.07) is 0. The number of aliphatic imine (C=N–C) groups is 1. The molecule has 4 nitrogen and oxygen atoms in total. The van der Waals surface area contributed by atoms with E-state index in [4.69, 9.17) is 0 Å². The predicted molar refractivity (Wildman–Crippen MR) is 90.1 cm³/mol. The molecule has 1 heterocycles. The summed E-state index contributed by atoms with van der Waals surface area (Å²) in [5.74, 6) is 0.865. The van der Waals surface area contributed by atoms with Crippen molar-refractivity contribution in [1.82, 2.24) is 15.6 Å². The van der Waals surface area contributed by atoms with Gasteiger partial charge < -0.3 is 10.6 Å². The van der Waals surface area contributed by atoms with Crippen LogP contribution in [0.5, 0.6) is 0 Å². The van der Waals surface area contributed by atoms with E-state index in [0.717, 1.165) is 29.8 Å². The zero-order valence-electron chi connectivity index (χ0n) is 11.5. The summed E-state index contributed by atoms with van der Waals surface area (Å²) < 4.78 is 0. The minimum absolute atomic E-state index is 0. The molecular formula is C12H23IN4S. The van der Waals surface area contributed by atoms with E-state index in [1.165, 1.54) is 17.7 Å². The minimum Gasteiger partial charge on any atom is -0.356 e. The Bertz CT molecular complexity index is 376. The second-order valence-corrected chi connectivity index (χ2v) is 5.24. The number of aromatic nitrogens is 1. The Morgan fingerprint density at radius 3 is 2.56 bits per heavy atom. The van der Waals surface area contributed by atoms with Gasteiger partial charge in [0.25, 0.3) is 0 Å². The van der Waals surface area contributed by atoms with E-state index >= 15 is 0 Å². The van der Waals surface area contributed by atoms with Crippen LogP contribution in [0.15, 0.2) is 4.99 Å². The summed E-state index contributed by atoms with van der Waals surface area (Å²) in [6.07, 6.45) is 2.36. The number of nitrogens with zero attached hydrogens (tertiary/aromatic N) is 2. The number of guanidine groups is 1. The normalized spacial score (nSPS) is 11.0. The highest BCUT2D eigenvalue weighted by atomic mass is 127. The van der Waals surface area contributed by atoms with E-state index < -0.39 is 0 Å². The maximum atomic E-state index is 4.41. The van der Waals surface area contributed by atoms with Crippen LogP contribution in [0.3, 0.4) is 0 Å². The molecule has 0 aliphatic heterocycles. The molecule has 0 spiro atoms. The number of unbranched alkanes of at least 4 members (excludes halogenated alkanes) is 1. The van der Waals surface area contributed by atoms with Gasteiger partial charge in [0.1, 0.15) is 0 Å². The largest absolute Gasteiger partial charge is 0.356 e. The molecule has 0 aromatic carbocycles. The fourth-order valence-electron chi connectivity index (χ4n) is 1.51. The molecule has 1 aromatic heterocycles. The van der Waals surface area contributed by atoms with Crippen molar-refractivity contribution in [2.24, 2.45) is 4.99 Å². The number of hydrogen-bond acceptors (Lipinski definition) is 3. The molecule has 0 unspecified atom stereocenters. The Morgan fingerprint density at radius 1 is 1.33 bits per heavy atom. The lowest BCUT2D eigenvalue weighted by Crippen LogP contribution is -2.37. The Kier molecular flexibility index (Phi) is 9.35. The number of thiazole rings is 1. The third-order valence-corrected chi connectivity index (χ3v) is 3.54. The maximum absolute atomic E-state index is 4.41. The van der Waals surface area contributed by atoms with Gasteiger partial charge in [-0.15, -0.1) is 35.3 Å². The Hall–Kier alpha value is -0.370. The van der Waals surface area contributed by atoms with Crippen molar-refractivity contribution in [1.29, 1.82) is 0 Å². The van der Waals surface area contributed by atoms with Crippen molar-refractivity contribution in [3.63, 3.8) is 0 Å². The van der Waals surface area contributed by atoms with Gasteiger partial charge in [-0.25, -0.2) is 4.98 Å². The first kappa shape index (κ1) is 17.6. The molecule has 0 amide bonds. The fraction of sp³-hybridized carbons (Fsp3) is 0.667. The van der Waals surface area contributed by atoms with Crippen molar-refractivity contribution in [3.05, 3.63) is 15.6 Å². The molecule has 0 aliphatic carbocycles. The molecule has 104 valence electrons. The van der Waals surface area contributed by atoms with Gasteiger partial charge in [-0.1, -0.05) is 13.3 Å². The molecule has 1 aromatic rings. The van der Waals surface area contributed by atoms with Crippen molar-refractivity contribution in [2.75, 3.05) is 13.6 Å². The molecule has 0 saturated heterocycles. The second kappa shape index (κ2) is 9.55. The zero-order valence-corrected chi connectivity index (χ0v) is 14.7. The van der Waals surface area contributed by atoms with Crippen LogP contribution >= 0.6 is 35.3 Å². The Labute approximate surface area is 131 Å². The smallest absolute Gasteiger partial charge is 0.191 e. The summed E-state index contributed by atoms with van der Waals surface area (Å²) in [5.41, 5.74) is 1.11. The van der Waals surface area contributed by atoms with Gasteiger partial charge in [-0.3, -0.25) is 4.99 Å². The number of hydrogen-bond donors (Lipinski definition) is 2. The van der Waals surface area contributed by atoms with E-state index in [1.54, 1.807) is 18.4 Å². The molecule has 6 heteroatoms. The third-order valence-electron chi connectivity index (χ3n) is 2.46. The molecule has 0 atom stereocenters. The lowest BCUT2D eigenvalue weighted by atomic mass is 10.3.